The Morgan fingerprint density at radius 1 is 1.43 bits per heavy atom. The molecule has 0 radical (unpaired) electrons. The molecule has 1 aromatic rings. The van der Waals surface area contributed by atoms with E-state index in [4.69, 9.17) is 5.73 Å². The summed E-state index contributed by atoms with van der Waals surface area (Å²) in [5, 5.41) is 0.563. The highest BCUT2D eigenvalue weighted by Gasteiger charge is 2.25. The summed E-state index contributed by atoms with van der Waals surface area (Å²) in [6, 6.07) is 0. The maximum atomic E-state index is 11.2. The van der Waals surface area contributed by atoms with Crippen molar-refractivity contribution in [3.8, 4) is 0 Å². The molecule has 14 heavy (non-hydrogen) atoms. The molecule has 1 aliphatic heterocycles. The summed E-state index contributed by atoms with van der Waals surface area (Å²) >= 11 is 1.47. The van der Waals surface area contributed by atoms with Crippen LogP contribution in [0.5, 0.6) is 0 Å². The molecular weight excluding hydrogens is 220 g/mol. The zero-order valence-corrected chi connectivity index (χ0v) is 9.27. The van der Waals surface area contributed by atoms with Gasteiger partial charge in [-0.15, -0.1) is 11.3 Å². The van der Waals surface area contributed by atoms with Gasteiger partial charge in [0.15, 0.2) is 5.13 Å². The predicted octanol–water partition coefficient (Wildman–Crippen LogP) is 1.02. The SMILES string of the molecule is Nc1ncc(C2CCS(=O)(=O)CC2)s1. The first kappa shape index (κ1) is 9.92. The summed E-state index contributed by atoms with van der Waals surface area (Å²) in [6.07, 6.45) is 3.19. The maximum Gasteiger partial charge on any atom is 0.180 e. The fraction of sp³-hybridized carbons (Fsp3) is 0.625. The van der Waals surface area contributed by atoms with Crippen LogP contribution in [0.3, 0.4) is 0 Å². The molecule has 78 valence electrons. The van der Waals surface area contributed by atoms with Gasteiger partial charge in [0.05, 0.1) is 11.5 Å². The Hall–Kier alpha value is -0.620. The molecule has 2 rings (SSSR count). The summed E-state index contributed by atoms with van der Waals surface area (Å²) in [6.45, 7) is 0. The third-order valence-corrected chi connectivity index (χ3v) is 5.20. The largest absolute Gasteiger partial charge is 0.375 e. The van der Waals surface area contributed by atoms with Crippen LogP contribution in [0, 0.1) is 0 Å². The summed E-state index contributed by atoms with van der Waals surface area (Å²) < 4.78 is 22.4. The number of hydrogen-bond donors (Lipinski definition) is 1. The molecule has 6 heteroatoms. The minimum absolute atomic E-state index is 0.301. The van der Waals surface area contributed by atoms with E-state index < -0.39 is 9.84 Å². The van der Waals surface area contributed by atoms with E-state index in [1.165, 1.54) is 11.3 Å². The lowest BCUT2D eigenvalue weighted by atomic mass is 10.0. The van der Waals surface area contributed by atoms with Crippen LogP contribution in [-0.2, 0) is 9.84 Å². The average molecular weight is 232 g/mol. The topological polar surface area (TPSA) is 73.0 Å². The molecule has 0 atom stereocenters. The van der Waals surface area contributed by atoms with Crippen LogP contribution in [0.2, 0.25) is 0 Å². The molecule has 0 bridgehead atoms. The van der Waals surface area contributed by atoms with Crippen LogP contribution in [0.4, 0.5) is 5.13 Å². The van der Waals surface area contributed by atoms with Crippen LogP contribution in [0.1, 0.15) is 23.6 Å². The second-order valence-electron chi connectivity index (χ2n) is 3.53. The Morgan fingerprint density at radius 2 is 2.07 bits per heavy atom. The number of aromatic nitrogens is 1. The van der Waals surface area contributed by atoms with Crippen LogP contribution in [0.15, 0.2) is 6.20 Å². The monoisotopic (exact) mass is 232 g/mol. The Labute approximate surface area is 87.1 Å². The number of rotatable bonds is 1. The minimum Gasteiger partial charge on any atom is -0.375 e. The minimum atomic E-state index is -2.76. The van der Waals surface area contributed by atoms with Crippen molar-refractivity contribution in [2.45, 2.75) is 18.8 Å². The maximum absolute atomic E-state index is 11.2. The zero-order chi connectivity index (χ0) is 10.2. The van der Waals surface area contributed by atoms with Crippen LogP contribution in [-0.4, -0.2) is 24.9 Å². The number of anilines is 1. The van der Waals surface area contributed by atoms with Gasteiger partial charge in [-0.05, 0) is 18.8 Å². The number of thiazole rings is 1. The summed E-state index contributed by atoms with van der Waals surface area (Å²) in [5.74, 6) is 0.943. The molecule has 0 unspecified atom stereocenters. The number of nitrogens with two attached hydrogens (primary N) is 1. The van der Waals surface area contributed by atoms with E-state index in [0.717, 1.165) is 4.88 Å². The molecule has 1 fully saturated rings. The Bertz CT molecular complexity index is 410. The standard InChI is InChI=1S/C8H12N2O2S2/c9-8-10-5-7(13-8)6-1-3-14(11,12)4-2-6/h5-6H,1-4H2,(H2,9,10). The number of nitrogen functional groups attached to an aromatic ring is 1. The highest BCUT2D eigenvalue weighted by Crippen LogP contribution is 2.33. The summed E-state index contributed by atoms with van der Waals surface area (Å²) in [5.41, 5.74) is 5.53. The second-order valence-corrected chi connectivity index (χ2v) is 6.92. The molecule has 1 saturated heterocycles. The zero-order valence-electron chi connectivity index (χ0n) is 7.64. The third kappa shape index (κ3) is 2.06. The Kier molecular flexibility index (Phi) is 2.48. The van der Waals surface area contributed by atoms with E-state index in [1.807, 2.05) is 0 Å². The summed E-state index contributed by atoms with van der Waals surface area (Å²) in [4.78, 5) is 5.10. The van der Waals surface area contributed by atoms with Gasteiger partial charge >= 0.3 is 0 Å². The first-order valence-corrected chi connectivity index (χ1v) is 7.12. The van der Waals surface area contributed by atoms with Crippen molar-refractivity contribution in [3.63, 3.8) is 0 Å². The molecule has 0 aliphatic carbocycles. The van der Waals surface area contributed by atoms with Gasteiger partial charge in [0.2, 0.25) is 0 Å². The summed E-state index contributed by atoms with van der Waals surface area (Å²) in [7, 11) is -2.76. The molecule has 0 aromatic carbocycles. The fourth-order valence-electron chi connectivity index (χ4n) is 1.66. The van der Waals surface area contributed by atoms with E-state index >= 15 is 0 Å². The van der Waals surface area contributed by atoms with Gasteiger partial charge in [0, 0.05) is 11.1 Å². The van der Waals surface area contributed by atoms with Crippen molar-refractivity contribution in [2.24, 2.45) is 0 Å². The van der Waals surface area contributed by atoms with Crippen molar-refractivity contribution in [3.05, 3.63) is 11.1 Å². The molecule has 2 N–H and O–H groups in total. The van der Waals surface area contributed by atoms with E-state index in [1.54, 1.807) is 6.20 Å². The molecule has 0 saturated carbocycles. The normalized spacial score (nSPS) is 22.3. The predicted molar refractivity (Wildman–Crippen MR) is 57.2 cm³/mol. The van der Waals surface area contributed by atoms with Gasteiger partial charge in [-0.3, -0.25) is 0 Å². The third-order valence-electron chi connectivity index (χ3n) is 2.50. The van der Waals surface area contributed by atoms with Gasteiger partial charge in [0.25, 0.3) is 0 Å². The van der Waals surface area contributed by atoms with Gasteiger partial charge in [-0.25, -0.2) is 13.4 Å². The van der Waals surface area contributed by atoms with E-state index in [-0.39, 0.29) is 0 Å². The molecule has 1 aliphatic rings. The lowest BCUT2D eigenvalue weighted by Gasteiger charge is -2.19. The second kappa shape index (κ2) is 3.51. The molecule has 2 heterocycles. The van der Waals surface area contributed by atoms with E-state index in [0.29, 0.717) is 35.4 Å². The van der Waals surface area contributed by atoms with E-state index in [2.05, 4.69) is 4.98 Å². The van der Waals surface area contributed by atoms with Crippen LogP contribution >= 0.6 is 11.3 Å². The first-order chi connectivity index (χ1) is 6.57. The average Bonchev–Trinajstić information content (AvgIpc) is 2.52. The molecule has 0 spiro atoms. The molecule has 1 aromatic heterocycles. The van der Waals surface area contributed by atoms with Gasteiger partial charge in [0.1, 0.15) is 9.84 Å². The Balaban J connectivity index is 2.09. The van der Waals surface area contributed by atoms with Gasteiger partial charge < -0.3 is 5.73 Å². The molecule has 0 amide bonds. The highest BCUT2D eigenvalue weighted by atomic mass is 32.2. The van der Waals surface area contributed by atoms with Crippen molar-refractivity contribution in [1.82, 2.24) is 4.98 Å². The number of hydrogen-bond acceptors (Lipinski definition) is 5. The van der Waals surface area contributed by atoms with Crippen LogP contribution < -0.4 is 5.73 Å². The van der Waals surface area contributed by atoms with Crippen LogP contribution in [0.25, 0.3) is 0 Å². The van der Waals surface area contributed by atoms with E-state index in [9.17, 15) is 8.42 Å². The van der Waals surface area contributed by atoms with Gasteiger partial charge in [-0.1, -0.05) is 0 Å². The Morgan fingerprint density at radius 3 is 2.57 bits per heavy atom. The first-order valence-electron chi connectivity index (χ1n) is 4.48. The van der Waals surface area contributed by atoms with Crippen molar-refractivity contribution >= 4 is 26.3 Å². The number of sulfone groups is 1. The van der Waals surface area contributed by atoms with Crippen molar-refractivity contribution in [2.75, 3.05) is 17.2 Å². The quantitative estimate of drug-likeness (QED) is 0.784. The molecular formula is C8H12N2O2S2. The highest BCUT2D eigenvalue weighted by molar-refractivity contribution is 7.91. The van der Waals surface area contributed by atoms with Crippen molar-refractivity contribution < 1.29 is 8.42 Å². The number of nitrogens with zero attached hydrogens (tertiary/aromatic N) is 1. The molecule has 4 nitrogen and oxygen atoms in total. The lowest BCUT2D eigenvalue weighted by molar-refractivity contribution is 0.553. The van der Waals surface area contributed by atoms with Gasteiger partial charge in [-0.2, -0.15) is 0 Å². The fourth-order valence-corrected chi connectivity index (χ4v) is 4.01. The smallest absolute Gasteiger partial charge is 0.180 e. The van der Waals surface area contributed by atoms with Crippen molar-refractivity contribution in [1.29, 1.82) is 0 Å². The lowest BCUT2D eigenvalue weighted by Crippen LogP contribution is -2.21.